The number of pyridine rings is 1. The minimum Gasteiger partial charge on any atom is -0.343 e. The Morgan fingerprint density at radius 2 is 2.22 bits per heavy atom. The first-order valence-electron chi connectivity index (χ1n) is 8.21. The Morgan fingerprint density at radius 1 is 1.39 bits per heavy atom. The van der Waals surface area contributed by atoms with Crippen molar-refractivity contribution >= 4 is 5.91 Å². The third-order valence-electron chi connectivity index (χ3n) is 4.16. The predicted molar refractivity (Wildman–Crippen MR) is 87.9 cm³/mol. The number of carbonyl (C=O) groups excluding carboxylic acids is 1. The minimum atomic E-state index is -0.103. The second-order valence-corrected chi connectivity index (χ2v) is 6.18. The Balaban J connectivity index is 1.82. The fraction of sp³-hybridized carbons (Fsp3) is 0.444. The Bertz CT molecular complexity index is 697. The van der Waals surface area contributed by atoms with E-state index in [-0.39, 0.29) is 11.9 Å². The van der Waals surface area contributed by atoms with Crippen LogP contribution in [0.15, 0.2) is 30.9 Å². The zero-order valence-corrected chi connectivity index (χ0v) is 13.6. The van der Waals surface area contributed by atoms with Gasteiger partial charge in [-0.1, -0.05) is 13.3 Å². The monoisotopic (exact) mass is 310 g/mol. The highest BCUT2D eigenvalue weighted by Gasteiger charge is 2.34. The van der Waals surface area contributed by atoms with E-state index in [0.29, 0.717) is 11.5 Å². The highest BCUT2D eigenvalue weighted by Crippen LogP contribution is 2.40. The van der Waals surface area contributed by atoms with Crippen molar-refractivity contribution in [3.63, 3.8) is 0 Å². The molecule has 1 fully saturated rings. The van der Waals surface area contributed by atoms with E-state index in [2.05, 4.69) is 33.3 Å². The Kier molecular flexibility index (Phi) is 4.65. The summed E-state index contributed by atoms with van der Waals surface area (Å²) >= 11 is 0. The maximum Gasteiger partial charge on any atom is 0.255 e. The van der Waals surface area contributed by atoms with E-state index in [1.54, 1.807) is 12.4 Å². The molecule has 120 valence electrons. The third-order valence-corrected chi connectivity index (χ3v) is 4.16. The van der Waals surface area contributed by atoms with E-state index >= 15 is 0 Å². The number of hydrogen-bond donors (Lipinski definition) is 1. The molecule has 0 aliphatic heterocycles. The molecular formula is C18H22N4O. The van der Waals surface area contributed by atoms with Crippen LogP contribution in [0.1, 0.15) is 59.5 Å². The molecule has 0 spiro atoms. The van der Waals surface area contributed by atoms with Crippen LogP contribution in [0.3, 0.4) is 0 Å². The highest BCUT2D eigenvalue weighted by molar-refractivity contribution is 5.95. The summed E-state index contributed by atoms with van der Waals surface area (Å²) in [6.07, 6.45) is 8.91. The van der Waals surface area contributed by atoms with Gasteiger partial charge in [0.05, 0.1) is 23.0 Å². The van der Waals surface area contributed by atoms with Crippen molar-refractivity contribution in [1.82, 2.24) is 20.3 Å². The van der Waals surface area contributed by atoms with Crippen molar-refractivity contribution in [1.29, 1.82) is 0 Å². The second kappa shape index (κ2) is 6.86. The van der Waals surface area contributed by atoms with Gasteiger partial charge in [0, 0.05) is 12.4 Å². The lowest BCUT2D eigenvalue weighted by Crippen LogP contribution is -2.31. The molecule has 2 aromatic rings. The van der Waals surface area contributed by atoms with Crippen molar-refractivity contribution in [2.75, 3.05) is 0 Å². The Labute approximate surface area is 136 Å². The van der Waals surface area contributed by atoms with Gasteiger partial charge in [-0.05, 0) is 49.8 Å². The number of amides is 1. The summed E-state index contributed by atoms with van der Waals surface area (Å²) in [6, 6.07) is 3.99. The summed E-state index contributed by atoms with van der Waals surface area (Å²) in [4.78, 5) is 25.5. The number of carbonyl (C=O) groups is 1. The molecule has 0 bridgehead atoms. The summed E-state index contributed by atoms with van der Waals surface area (Å²) in [5.41, 5.74) is 3.48. The number of aryl methyl sites for hydroxylation is 2. The minimum absolute atomic E-state index is 0.0305. The van der Waals surface area contributed by atoms with Gasteiger partial charge in [-0.2, -0.15) is 0 Å². The fourth-order valence-corrected chi connectivity index (χ4v) is 2.79. The van der Waals surface area contributed by atoms with Crippen LogP contribution in [-0.4, -0.2) is 20.9 Å². The van der Waals surface area contributed by atoms with Crippen LogP contribution in [0.4, 0.5) is 0 Å². The third kappa shape index (κ3) is 3.73. The van der Waals surface area contributed by atoms with Crippen LogP contribution in [0.2, 0.25) is 0 Å². The number of aromatic nitrogens is 3. The lowest BCUT2D eigenvalue weighted by atomic mass is 10.0. The first-order valence-corrected chi connectivity index (χ1v) is 8.21. The molecular weight excluding hydrogens is 288 g/mol. The van der Waals surface area contributed by atoms with Crippen LogP contribution in [0.25, 0.3) is 0 Å². The van der Waals surface area contributed by atoms with Gasteiger partial charge in [-0.15, -0.1) is 0 Å². The van der Waals surface area contributed by atoms with E-state index in [1.165, 1.54) is 6.33 Å². The molecule has 5 nitrogen and oxygen atoms in total. The quantitative estimate of drug-likeness (QED) is 0.890. The topological polar surface area (TPSA) is 67.8 Å². The molecule has 3 rings (SSSR count). The maximum absolute atomic E-state index is 12.7. The summed E-state index contributed by atoms with van der Waals surface area (Å²) < 4.78 is 0. The molecule has 0 aromatic carbocycles. The van der Waals surface area contributed by atoms with Gasteiger partial charge in [0.1, 0.15) is 6.33 Å². The zero-order valence-electron chi connectivity index (χ0n) is 13.6. The molecule has 1 saturated carbocycles. The van der Waals surface area contributed by atoms with Crippen molar-refractivity contribution in [3.8, 4) is 0 Å². The normalized spacial score (nSPS) is 15.2. The van der Waals surface area contributed by atoms with Crippen LogP contribution in [0, 0.1) is 12.8 Å². The predicted octanol–water partition coefficient (Wildman–Crippen LogP) is 3.01. The van der Waals surface area contributed by atoms with E-state index in [9.17, 15) is 4.79 Å². The average Bonchev–Trinajstić information content (AvgIpc) is 3.38. The average molecular weight is 310 g/mol. The first-order chi connectivity index (χ1) is 11.2. The second-order valence-electron chi connectivity index (χ2n) is 6.18. The van der Waals surface area contributed by atoms with Gasteiger partial charge in [-0.3, -0.25) is 9.78 Å². The molecule has 1 N–H and O–H groups in total. The molecule has 0 radical (unpaired) electrons. The van der Waals surface area contributed by atoms with Crippen molar-refractivity contribution in [2.45, 2.75) is 45.6 Å². The zero-order chi connectivity index (χ0) is 16.2. The van der Waals surface area contributed by atoms with Gasteiger partial charge in [0.25, 0.3) is 5.91 Å². The van der Waals surface area contributed by atoms with Gasteiger partial charge in [-0.25, -0.2) is 9.97 Å². The molecule has 1 amide bonds. The van der Waals surface area contributed by atoms with Crippen LogP contribution >= 0.6 is 0 Å². The number of nitrogens with one attached hydrogen (secondary N) is 1. The van der Waals surface area contributed by atoms with E-state index in [0.717, 1.165) is 42.6 Å². The molecule has 5 heteroatoms. The first kappa shape index (κ1) is 15.6. The van der Waals surface area contributed by atoms with Crippen LogP contribution < -0.4 is 5.32 Å². The lowest BCUT2D eigenvalue weighted by molar-refractivity contribution is 0.0928. The van der Waals surface area contributed by atoms with Gasteiger partial charge >= 0.3 is 0 Å². The van der Waals surface area contributed by atoms with Crippen LogP contribution in [0.5, 0.6) is 0 Å². The standard InChI is InChI=1S/C18H22N4O/c1-3-4-15-14(10-19-11-21-15)18(23)22-17(13-5-6-13)16-9-12(2)7-8-20-16/h7-11,13,17H,3-6H2,1-2H3,(H,22,23)/t17-/m0/s1. The van der Waals surface area contributed by atoms with Crippen molar-refractivity contribution in [3.05, 3.63) is 53.4 Å². The SMILES string of the molecule is CCCc1ncncc1C(=O)N[C@H](c1cc(C)ccn1)C1CC1. The highest BCUT2D eigenvalue weighted by atomic mass is 16.1. The molecule has 0 saturated heterocycles. The molecule has 1 aliphatic carbocycles. The molecule has 0 unspecified atom stereocenters. The number of rotatable bonds is 6. The van der Waals surface area contributed by atoms with Crippen molar-refractivity contribution in [2.24, 2.45) is 5.92 Å². The van der Waals surface area contributed by atoms with E-state index in [1.807, 2.05) is 13.0 Å². The molecule has 1 atom stereocenters. The molecule has 2 aromatic heterocycles. The number of hydrogen-bond acceptors (Lipinski definition) is 4. The lowest BCUT2D eigenvalue weighted by Gasteiger charge is -2.19. The van der Waals surface area contributed by atoms with Gasteiger partial charge < -0.3 is 5.32 Å². The maximum atomic E-state index is 12.7. The summed E-state index contributed by atoms with van der Waals surface area (Å²) in [5.74, 6) is 0.377. The molecule has 2 heterocycles. The number of nitrogens with zero attached hydrogens (tertiary/aromatic N) is 3. The van der Waals surface area contributed by atoms with Crippen LogP contribution in [-0.2, 0) is 6.42 Å². The summed E-state index contributed by atoms with van der Waals surface area (Å²) in [5, 5.41) is 3.16. The van der Waals surface area contributed by atoms with Gasteiger partial charge in [0.15, 0.2) is 0 Å². The smallest absolute Gasteiger partial charge is 0.255 e. The van der Waals surface area contributed by atoms with Crippen molar-refractivity contribution < 1.29 is 4.79 Å². The van der Waals surface area contributed by atoms with Gasteiger partial charge in [0.2, 0.25) is 0 Å². The Hall–Kier alpha value is -2.30. The largest absolute Gasteiger partial charge is 0.343 e. The Morgan fingerprint density at radius 3 is 2.91 bits per heavy atom. The summed E-state index contributed by atoms with van der Waals surface area (Å²) in [6.45, 7) is 4.12. The molecule has 1 aliphatic rings. The summed E-state index contributed by atoms with van der Waals surface area (Å²) in [7, 11) is 0. The fourth-order valence-electron chi connectivity index (χ4n) is 2.79. The van der Waals surface area contributed by atoms with E-state index < -0.39 is 0 Å². The molecule has 23 heavy (non-hydrogen) atoms. The van der Waals surface area contributed by atoms with E-state index in [4.69, 9.17) is 0 Å².